The van der Waals surface area contributed by atoms with Crippen LogP contribution in [0.4, 0.5) is 5.82 Å². The van der Waals surface area contributed by atoms with Crippen LogP contribution in [0.15, 0.2) is 18.2 Å². The molecule has 0 radical (unpaired) electrons. The van der Waals surface area contributed by atoms with Crippen LogP contribution >= 0.6 is 0 Å². The maximum absolute atomic E-state index is 9.58. The number of anilines is 1. The van der Waals surface area contributed by atoms with Gasteiger partial charge in [-0.1, -0.05) is 19.4 Å². The number of benzene rings is 1. The van der Waals surface area contributed by atoms with Crippen molar-refractivity contribution >= 4 is 5.82 Å². The van der Waals surface area contributed by atoms with Gasteiger partial charge in [0.2, 0.25) is 0 Å². The summed E-state index contributed by atoms with van der Waals surface area (Å²) in [6.07, 6.45) is 1.79. The van der Waals surface area contributed by atoms with Crippen molar-refractivity contribution in [3.63, 3.8) is 0 Å². The fourth-order valence-corrected chi connectivity index (χ4v) is 2.85. The zero-order valence-corrected chi connectivity index (χ0v) is 14.6. The molecule has 0 bridgehead atoms. The maximum atomic E-state index is 9.58. The van der Waals surface area contributed by atoms with Crippen molar-refractivity contribution in [1.82, 2.24) is 4.98 Å². The molecular formula is C19H23N3O2. The number of nitrogen functional groups attached to an aromatic ring is 1. The van der Waals surface area contributed by atoms with Crippen molar-refractivity contribution in [2.24, 2.45) is 0 Å². The molecule has 5 heteroatoms. The van der Waals surface area contributed by atoms with Crippen molar-refractivity contribution in [2.45, 2.75) is 33.6 Å². The quantitative estimate of drug-likeness (QED) is 0.872. The van der Waals surface area contributed by atoms with Crippen LogP contribution in [0.5, 0.6) is 11.5 Å². The largest absolute Gasteiger partial charge is 0.493 e. The Morgan fingerprint density at radius 1 is 1.25 bits per heavy atom. The minimum absolute atomic E-state index is 0.262. The molecule has 0 spiro atoms. The molecule has 2 rings (SSSR count). The van der Waals surface area contributed by atoms with Crippen molar-refractivity contribution in [2.75, 3.05) is 19.5 Å². The van der Waals surface area contributed by atoms with E-state index in [2.05, 4.69) is 18.0 Å². The summed E-state index contributed by atoms with van der Waals surface area (Å²) in [5.41, 5.74) is 10.0. The lowest BCUT2D eigenvalue weighted by molar-refractivity contribution is 0.311. The maximum Gasteiger partial charge on any atom is 0.161 e. The SMILES string of the molecule is CCCc1c(C)nc(N)c(C#N)c1-c1ccc(OCC)c(OC)c1. The number of ether oxygens (including phenoxy) is 2. The van der Waals surface area contributed by atoms with E-state index in [1.807, 2.05) is 32.0 Å². The van der Waals surface area contributed by atoms with Crippen LogP contribution in [0.25, 0.3) is 11.1 Å². The van der Waals surface area contributed by atoms with E-state index in [-0.39, 0.29) is 5.82 Å². The fraction of sp³-hybridized carbons (Fsp3) is 0.368. The molecule has 126 valence electrons. The van der Waals surface area contributed by atoms with E-state index in [4.69, 9.17) is 15.2 Å². The number of nitrogens with zero attached hydrogens (tertiary/aromatic N) is 2. The Kier molecular flexibility index (Phi) is 5.64. The smallest absolute Gasteiger partial charge is 0.161 e. The average molecular weight is 325 g/mol. The third kappa shape index (κ3) is 3.28. The summed E-state index contributed by atoms with van der Waals surface area (Å²) >= 11 is 0. The summed E-state index contributed by atoms with van der Waals surface area (Å²) in [4.78, 5) is 4.34. The summed E-state index contributed by atoms with van der Waals surface area (Å²) in [6.45, 7) is 6.51. The van der Waals surface area contributed by atoms with Gasteiger partial charge in [-0.2, -0.15) is 5.26 Å². The number of pyridine rings is 1. The van der Waals surface area contributed by atoms with Gasteiger partial charge in [-0.15, -0.1) is 0 Å². The van der Waals surface area contributed by atoms with Crippen LogP contribution in [-0.4, -0.2) is 18.7 Å². The second-order valence-electron chi connectivity index (χ2n) is 5.47. The minimum Gasteiger partial charge on any atom is -0.493 e. The van der Waals surface area contributed by atoms with E-state index in [1.165, 1.54) is 0 Å². The summed E-state index contributed by atoms with van der Waals surface area (Å²) in [5.74, 6) is 1.57. The molecule has 0 amide bonds. The molecule has 1 aromatic carbocycles. The van der Waals surface area contributed by atoms with Gasteiger partial charge in [0, 0.05) is 11.3 Å². The molecule has 24 heavy (non-hydrogen) atoms. The monoisotopic (exact) mass is 325 g/mol. The predicted molar refractivity (Wildman–Crippen MR) is 95.3 cm³/mol. The first-order chi connectivity index (χ1) is 11.6. The van der Waals surface area contributed by atoms with E-state index in [0.717, 1.165) is 35.2 Å². The van der Waals surface area contributed by atoms with Gasteiger partial charge in [0.1, 0.15) is 17.5 Å². The minimum atomic E-state index is 0.262. The molecule has 1 heterocycles. The molecule has 0 aliphatic rings. The van der Waals surface area contributed by atoms with Gasteiger partial charge in [-0.25, -0.2) is 4.98 Å². The number of rotatable bonds is 6. The average Bonchev–Trinajstić information content (AvgIpc) is 2.57. The number of aryl methyl sites for hydroxylation is 1. The number of methoxy groups -OCH3 is 1. The zero-order chi connectivity index (χ0) is 17.7. The van der Waals surface area contributed by atoms with E-state index in [1.54, 1.807) is 7.11 Å². The lowest BCUT2D eigenvalue weighted by Gasteiger charge is -2.17. The Morgan fingerprint density at radius 2 is 2.00 bits per heavy atom. The van der Waals surface area contributed by atoms with Gasteiger partial charge in [0.15, 0.2) is 11.5 Å². The van der Waals surface area contributed by atoms with E-state index >= 15 is 0 Å². The third-order valence-corrected chi connectivity index (χ3v) is 3.90. The molecule has 5 nitrogen and oxygen atoms in total. The molecule has 0 saturated heterocycles. The lowest BCUT2D eigenvalue weighted by atomic mass is 9.91. The van der Waals surface area contributed by atoms with Gasteiger partial charge < -0.3 is 15.2 Å². The topological polar surface area (TPSA) is 81.2 Å². The first-order valence-corrected chi connectivity index (χ1v) is 8.07. The highest BCUT2D eigenvalue weighted by atomic mass is 16.5. The Bertz CT molecular complexity index is 779. The number of hydrogen-bond acceptors (Lipinski definition) is 5. The molecule has 0 saturated carbocycles. The fourth-order valence-electron chi connectivity index (χ4n) is 2.85. The molecule has 0 atom stereocenters. The normalized spacial score (nSPS) is 10.3. The van der Waals surface area contributed by atoms with E-state index in [9.17, 15) is 5.26 Å². The Balaban J connectivity index is 2.73. The van der Waals surface area contributed by atoms with Crippen molar-refractivity contribution in [1.29, 1.82) is 5.26 Å². The lowest BCUT2D eigenvalue weighted by Crippen LogP contribution is -2.06. The van der Waals surface area contributed by atoms with Crippen molar-refractivity contribution in [3.8, 4) is 28.7 Å². The van der Waals surface area contributed by atoms with Crippen LogP contribution in [-0.2, 0) is 6.42 Å². The van der Waals surface area contributed by atoms with Gasteiger partial charge in [-0.05, 0) is 43.5 Å². The standard InChI is InChI=1S/C19H23N3O2/c1-5-7-14-12(3)22-19(21)15(11-20)18(14)13-8-9-16(24-6-2)17(10-13)23-4/h8-10H,5-7H2,1-4H3,(H2,21,22). The summed E-state index contributed by atoms with van der Waals surface area (Å²) in [5, 5.41) is 9.58. The van der Waals surface area contributed by atoms with Gasteiger partial charge in [0.25, 0.3) is 0 Å². The molecule has 2 N–H and O–H groups in total. The Labute approximate surface area is 143 Å². The second-order valence-corrected chi connectivity index (χ2v) is 5.47. The Hall–Kier alpha value is -2.74. The highest BCUT2D eigenvalue weighted by Crippen LogP contribution is 2.37. The van der Waals surface area contributed by atoms with Crippen LogP contribution in [0.1, 0.15) is 37.1 Å². The molecule has 0 fully saturated rings. The van der Waals surface area contributed by atoms with Crippen LogP contribution in [0, 0.1) is 18.3 Å². The number of aromatic nitrogens is 1. The molecule has 0 aliphatic carbocycles. The highest BCUT2D eigenvalue weighted by Gasteiger charge is 2.19. The number of hydrogen-bond donors (Lipinski definition) is 1. The number of nitrogens with two attached hydrogens (primary N) is 1. The van der Waals surface area contributed by atoms with Crippen LogP contribution in [0.2, 0.25) is 0 Å². The van der Waals surface area contributed by atoms with Gasteiger partial charge in [-0.3, -0.25) is 0 Å². The molecule has 0 aliphatic heterocycles. The van der Waals surface area contributed by atoms with Crippen molar-refractivity contribution < 1.29 is 9.47 Å². The Morgan fingerprint density at radius 3 is 2.58 bits per heavy atom. The molecule has 2 aromatic rings. The second kappa shape index (κ2) is 7.69. The predicted octanol–water partition coefficient (Wildman–Crippen LogP) is 3.87. The highest BCUT2D eigenvalue weighted by molar-refractivity contribution is 5.80. The van der Waals surface area contributed by atoms with Gasteiger partial charge in [0.05, 0.1) is 13.7 Å². The van der Waals surface area contributed by atoms with Crippen LogP contribution < -0.4 is 15.2 Å². The third-order valence-electron chi connectivity index (χ3n) is 3.90. The summed E-state index contributed by atoms with van der Waals surface area (Å²) in [6, 6.07) is 7.89. The van der Waals surface area contributed by atoms with Gasteiger partial charge >= 0.3 is 0 Å². The first kappa shape index (κ1) is 17.6. The summed E-state index contributed by atoms with van der Waals surface area (Å²) < 4.78 is 11.0. The van der Waals surface area contributed by atoms with Crippen LogP contribution in [0.3, 0.4) is 0 Å². The molecule has 1 aromatic heterocycles. The summed E-state index contributed by atoms with van der Waals surface area (Å²) in [7, 11) is 1.60. The first-order valence-electron chi connectivity index (χ1n) is 8.07. The van der Waals surface area contributed by atoms with E-state index in [0.29, 0.717) is 23.7 Å². The van der Waals surface area contributed by atoms with E-state index < -0.39 is 0 Å². The van der Waals surface area contributed by atoms with Crippen molar-refractivity contribution in [3.05, 3.63) is 35.0 Å². The molecular weight excluding hydrogens is 302 g/mol. The zero-order valence-electron chi connectivity index (χ0n) is 14.6. The number of nitriles is 1. The molecule has 0 unspecified atom stereocenters.